The molecule has 0 amide bonds. The van der Waals surface area contributed by atoms with E-state index in [9.17, 15) is 0 Å². The van der Waals surface area contributed by atoms with Crippen LogP contribution in [0.15, 0.2) is 38.6 Å². The number of halogens is 2. The molecule has 0 radical (unpaired) electrons. The van der Waals surface area contributed by atoms with Gasteiger partial charge in [0.15, 0.2) is 0 Å². The van der Waals surface area contributed by atoms with Crippen molar-refractivity contribution in [3.05, 3.63) is 54.6 Å². The summed E-state index contributed by atoms with van der Waals surface area (Å²) in [7, 11) is 1.99. The summed E-state index contributed by atoms with van der Waals surface area (Å²) >= 11 is 8.89. The average molecular weight is 375 g/mol. The van der Waals surface area contributed by atoms with Crippen molar-refractivity contribution in [1.82, 2.24) is 5.32 Å². The molecule has 0 spiro atoms. The van der Waals surface area contributed by atoms with Crippen molar-refractivity contribution in [1.29, 1.82) is 0 Å². The number of benzene rings is 1. The summed E-state index contributed by atoms with van der Waals surface area (Å²) in [6.45, 7) is 2.12. The zero-order chi connectivity index (χ0) is 12.4. The zero-order valence-corrected chi connectivity index (χ0v) is 13.6. The minimum absolute atomic E-state index is 0.252. The fourth-order valence-electron chi connectivity index (χ4n) is 1.79. The quantitative estimate of drug-likeness (QED) is 0.806. The molecule has 2 rings (SSSR count). The molecule has 1 unspecified atom stereocenters. The predicted molar refractivity (Wildman–Crippen MR) is 81.8 cm³/mol. The topological polar surface area (TPSA) is 12.0 Å². The second-order valence-corrected chi connectivity index (χ2v) is 7.20. The third-order valence-corrected chi connectivity index (χ3v) is 5.33. The van der Waals surface area contributed by atoms with Crippen LogP contribution in [0.4, 0.5) is 0 Å². The van der Waals surface area contributed by atoms with Crippen LogP contribution in [-0.2, 0) is 0 Å². The van der Waals surface area contributed by atoms with Gasteiger partial charge in [-0.15, -0.1) is 11.3 Å². The van der Waals surface area contributed by atoms with Gasteiger partial charge >= 0.3 is 0 Å². The van der Waals surface area contributed by atoms with E-state index in [1.807, 2.05) is 13.1 Å². The van der Waals surface area contributed by atoms with Gasteiger partial charge in [-0.1, -0.05) is 28.1 Å². The lowest BCUT2D eigenvalue weighted by Crippen LogP contribution is -2.16. The van der Waals surface area contributed by atoms with Crippen molar-refractivity contribution < 1.29 is 0 Å². The van der Waals surface area contributed by atoms with Crippen LogP contribution in [0.2, 0.25) is 0 Å². The molecular weight excluding hydrogens is 362 g/mol. The van der Waals surface area contributed by atoms with Crippen molar-refractivity contribution in [3.8, 4) is 0 Å². The maximum absolute atomic E-state index is 3.58. The van der Waals surface area contributed by atoms with E-state index in [4.69, 9.17) is 0 Å². The Morgan fingerprint density at radius 2 is 2.00 bits per heavy atom. The largest absolute Gasteiger partial charge is 0.309 e. The van der Waals surface area contributed by atoms with Crippen LogP contribution in [0, 0.1) is 6.92 Å². The molecule has 0 bridgehead atoms. The van der Waals surface area contributed by atoms with Crippen molar-refractivity contribution in [2.45, 2.75) is 13.0 Å². The van der Waals surface area contributed by atoms with Crippen LogP contribution in [0.25, 0.3) is 0 Å². The highest BCUT2D eigenvalue weighted by Crippen LogP contribution is 2.34. The normalized spacial score (nSPS) is 12.7. The van der Waals surface area contributed by atoms with Crippen molar-refractivity contribution in [3.63, 3.8) is 0 Å². The molecule has 4 heteroatoms. The Balaban J connectivity index is 2.39. The maximum Gasteiger partial charge on any atom is 0.0731 e. The van der Waals surface area contributed by atoms with Gasteiger partial charge in [0.25, 0.3) is 0 Å². The first kappa shape index (κ1) is 13.3. The average Bonchev–Trinajstić information content (AvgIpc) is 2.60. The van der Waals surface area contributed by atoms with Gasteiger partial charge in [0.1, 0.15) is 0 Å². The minimum Gasteiger partial charge on any atom is -0.309 e. The van der Waals surface area contributed by atoms with Gasteiger partial charge in [-0.25, -0.2) is 0 Å². The number of rotatable bonds is 3. The SMILES string of the molecule is CNC(c1cccc(Br)c1)c1cc(C)c(Br)s1. The van der Waals surface area contributed by atoms with Gasteiger partial charge in [0.05, 0.1) is 9.83 Å². The Kier molecular flexibility index (Phi) is 4.42. The summed E-state index contributed by atoms with van der Waals surface area (Å²) < 4.78 is 2.32. The molecule has 90 valence electrons. The minimum atomic E-state index is 0.252. The first-order valence-electron chi connectivity index (χ1n) is 5.30. The van der Waals surface area contributed by atoms with Gasteiger partial charge in [-0.3, -0.25) is 0 Å². The van der Waals surface area contributed by atoms with Crippen LogP contribution in [0.5, 0.6) is 0 Å². The predicted octanol–water partition coefficient (Wildman–Crippen LogP) is 4.89. The van der Waals surface area contributed by atoms with E-state index < -0.39 is 0 Å². The lowest BCUT2D eigenvalue weighted by atomic mass is 10.1. The molecule has 1 N–H and O–H groups in total. The van der Waals surface area contributed by atoms with E-state index in [0.29, 0.717) is 0 Å². The molecule has 1 heterocycles. The number of nitrogens with one attached hydrogen (secondary N) is 1. The van der Waals surface area contributed by atoms with Crippen molar-refractivity contribution in [2.24, 2.45) is 0 Å². The van der Waals surface area contributed by atoms with E-state index in [2.05, 4.69) is 68.4 Å². The molecule has 17 heavy (non-hydrogen) atoms. The Hall–Kier alpha value is -0.160. The lowest BCUT2D eigenvalue weighted by Gasteiger charge is -2.15. The third kappa shape index (κ3) is 2.99. The molecule has 1 aromatic heterocycles. The van der Waals surface area contributed by atoms with E-state index in [1.165, 1.54) is 19.8 Å². The standard InChI is InChI=1S/C13H13Br2NS/c1-8-6-11(17-13(8)15)12(16-2)9-4-3-5-10(14)7-9/h3-7,12,16H,1-2H3. The number of aryl methyl sites for hydroxylation is 1. The zero-order valence-electron chi connectivity index (χ0n) is 9.63. The maximum atomic E-state index is 3.58. The van der Waals surface area contributed by atoms with Gasteiger partial charge < -0.3 is 5.32 Å². The lowest BCUT2D eigenvalue weighted by molar-refractivity contribution is 0.703. The highest BCUT2D eigenvalue weighted by Gasteiger charge is 2.15. The second-order valence-electron chi connectivity index (χ2n) is 3.88. The monoisotopic (exact) mass is 373 g/mol. The van der Waals surface area contributed by atoms with E-state index in [-0.39, 0.29) is 6.04 Å². The Bertz CT molecular complexity index is 502. The summed E-state index contributed by atoms with van der Waals surface area (Å²) in [5, 5.41) is 3.37. The molecule has 0 aliphatic carbocycles. The van der Waals surface area contributed by atoms with Crippen LogP contribution in [0.1, 0.15) is 22.0 Å². The summed E-state index contributed by atoms with van der Waals surface area (Å²) in [5.41, 5.74) is 2.57. The summed E-state index contributed by atoms with van der Waals surface area (Å²) in [6, 6.07) is 10.9. The molecule has 1 atom stereocenters. The summed E-state index contributed by atoms with van der Waals surface area (Å²) in [4.78, 5) is 1.33. The summed E-state index contributed by atoms with van der Waals surface area (Å²) in [5.74, 6) is 0. The van der Waals surface area contributed by atoms with Gasteiger partial charge in [-0.2, -0.15) is 0 Å². The van der Waals surface area contributed by atoms with E-state index in [0.717, 1.165) is 4.47 Å². The molecule has 0 saturated carbocycles. The molecule has 2 aromatic rings. The number of hydrogen-bond acceptors (Lipinski definition) is 2. The smallest absolute Gasteiger partial charge is 0.0731 e. The Morgan fingerprint density at radius 1 is 1.24 bits per heavy atom. The number of thiophene rings is 1. The molecule has 0 fully saturated rings. The highest BCUT2D eigenvalue weighted by atomic mass is 79.9. The molecule has 1 aromatic carbocycles. The van der Waals surface area contributed by atoms with Crippen LogP contribution in [-0.4, -0.2) is 7.05 Å². The molecule has 0 saturated heterocycles. The van der Waals surface area contributed by atoms with Crippen molar-refractivity contribution in [2.75, 3.05) is 7.05 Å². The molecular formula is C13H13Br2NS. The number of hydrogen-bond donors (Lipinski definition) is 1. The van der Waals surface area contributed by atoms with Gasteiger partial charge in [0, 0.05) is 9.35 Å². The van der Waals surface area contributed by atoms with Crippen LogP contribution in [0.3, 0.4) is 0 Å². The van der Waals surface area contributed by atoms with Gasteiger partial charge in [-0.05, 0) is 59.2 Å². The Labute approximate surface area is 123 Å². The van der Waals surface area contributed by atoms with E-state index in [1.54, 1.807) is 11.3 Å². The molecule has 1 nitrogen and oxygen atoms in total. The fourth-order valence-corrected chi connectivity index (χ4v) is 3.91. The first-order valence-corrected chi connectivity index (χ1v) is 7.70. The van der Waals surface area contributed by atoms with Crippen molar-refractivity contribution >= 4 is 43.2 Å². The molecule has 0 aliphatic heterocycles. The fraction of sp³-hybridized carbons (Fsp3) is 0.231. The second kappa shape index (κ2) is 5.65. The molecule has 0 aliphatic rings. The Morgan fingerprint density at radius 3 is 2.53 bits per heavy atom. The van der Waals surface area contributed by atoms with E-state index >= 15 is 0 Å². The third-order valence-electron chi connectivity index (χ3n) is 2.63. The summed E-state index contributed by atoms with van der Waals surface area (Å²) in [6.07, 6.45) is 0. The van der Waals surface area contributed by atoms with Gasteiger partial charge in [0.2, 0.25) is 0 Å². The van der Waals surface area contributed by atoms with Crippen LogP contribution < -0.4 is 5.32 Å². The van der Waals surface area contributed by atoms with Crippen LogP contribution >= 0.6 is 43.2 Å². The highest BCUT2D eigenvalue weighted by molar-refractivity contribution is 9.11. The first-order chi connectivity index (χ1) is 8.11.